The Morgan fingerprint density at radius 1 is 1.11 bits per heavy atom. The first kappa shape index (κ1) is 11.0. The molecule has 0 fully saturated rings. The van der Waals surface area contributed by atoms with E-state index >= 15 is 0 Å². The first-order valence-electron chi connectivity index (χ1n) is 6.24. The van der Waals surface area contributed by atoms with Crippen LogP contribution in [-0.2, 0) is 12.8 Å². The van der Waals surface area contributed by atoms with E-state index in [1.165, 1.54) is 30.4 Å². The maximum Gasteiger partial charge on any atom is 0.146 e. The van der Waals surface area contributed by atoms with Gasteiger partial charge in [0.25, 0.3) is 0 Å². The van der Waals surface area contributed by atoms with Crippen LogP contribution in [0.2, 0.25) is 0 Å². The van der Waals surface area contributed by atoms with Crippen molar-refractivity contribution < 1.29 is 0 Å². The van der Waals surface area contributed by atoms with E-state index in [-0.39, 0.29) is 0 Å². The molecular weight excluding hydrogens is 222 g/mol. The van der Waals surface area contributed by atoms with Gasteiger partial charge >= 0.3 is 0 Å². The smallest absolute Gasteiger partial charge is 0.146 e. The number of nitrogens with zero attached hydrogens (tertiary/aromatic N) is 2. The van der Waals surface area contributed by atoms with Crippen molar-refractivity contribution in [2.24, 2.45) is 5.10 Å². The number of aromatic nitrogens is 1. The Bertz CT molecular complexity index is 561. The van der Waals surface area contributed by atoms with Gasteiger partial charge in [-0.1, -0.05) is 18.2 Å². The number of aryl methyl sites for hydroxylation is 2. The Kier molecular flexibility index (Phi) is 3.05. The number of anilines is 1. The molecular formula is C15H15N3. The van der Waals surface area contributed by atoms with Gasteiger partial charge in [0.05, 0.1) is 6.21 Å². The van der Waals surface area contributed by atoms with Crippen molar-refractivity contribution in [1.29, 1.82) is 0 Å². The number of benzene rings is 1. The monoisotopic (exact) mass is 237 g/mol. The highest BCUT2D eigenvalue weighted by atomic mass is 15.3. The van der Waals surface area contributed by atoms with Crippen LogP contribution < -0.4 is 5.43 Å². The molecule has 18 heavy (non-hydrogen) atoms. The highest BCUT2D eigenvalue weighted by Crippen LogP contribution is 2.22. The summed E-state index contributed by atoms with van der Waals surface area (Å²) in [6, 6.07) is 12.3. The fourth-order valence-corrected chi connectivity index (χ4v) is 2.27. The SMILES string of the molecule is C(=N\Nc1ccccn1)/c1ccc2c(c1)CCC2. The third-order valence-corrected chi connectivity index (χ3v) is 3.18. The van der Waals surface area contributed by atoms with Gasteiger partial charge in [0.2, 0.25) is 0 Å². The second kappa shape index (κ2) is 5.00. The van der Waals surface area contributed by atoms with Gasteiger partial charge in [0, 0.05) is 6.20 Å². The molecule has 0 unspecified atom stereocenters. The number of hydrogen-bond donors (Lipinski definition) is 1. The lowest BCUT2D eigenvalue weighted by atomic mass is 10.1. The maximum atomic E-state index is 4.20. The first-order valence-corrected chi connectivity index (χ1v) is 6.24. The Hall–Kier alpha value is -2.16. The molecule has 0 bridgehead atoms. The van der Waals surface area contributed by atoms with E-state index in [0.717, 1.165) is 11.4 Å². The number of nitrogens with one attached hydrogen (secondary N) is 1. The van der Waals surface area contributed by atoms with E-state index in [4.69, 9.17) is 0 Å². The minimum atomic E-state index is 0.759. The Labute approximate surface area is 107 Å². The highest BCUT2D eigenvalue weighted by Gasteiger charge is 2.09. The second-order valence-electron chi connectivity index (χ2n) is 4.47. The standard InChI is InChI=1S/C15H15N3/c1-2-9-16-15(6-1)18-17-11-12-7-8-13-4-3-5-14(13)10-12/h1-2,6-11H,3-5H2,(H,16,18)/b17-11+. The van der Waals surface area contributed by atoms with E-state index in [1.807, 2.05) is 24.4 Å². The Balaban J connectivity index is 1.69. The van der Waals surface area contributed by atoms with Gasteiger partial charge in [-0.25, -0.2) is 4.98 Å². The predicted octanol–water partition coefficient (Wildman–Crippen LogP) is 3.02. The lowest BCUT2D eigenvalue weighted by molar-refractivity contribution is 0.912. The van der Waals surface area contributed by atoms with Crippen molar-refractivity contribution in [3.05, 3.63) is 59.3 Å². The molecule has 90 valence electrons. The quantitative estimate of drug-likeness (QED) is 0.658. The van der Waals surface area contributed by atoms with Crippen molar-refractivity contribution in [3.63, 3.8) is 0 Å². The van der Waals surface area contributed by atoms with E-state index in [1.54, 1.807) is 6.20 Å². The van der Waals surface area contributed by atoms with E-state index < -0.39 is 0 Å². The third kappa shape index (κ3) is 2.40. The van der Waals surface area contributed by atoms with Crippen molar-refractivity contribution >= 4 is 12.0 Å². The molecule has 1 aliphatic rings. The van der Waals surface area contributed by atoms with Crippen LogP contribution in [0.15, 0.2) is 47.7 Å². The molecule has 3 nitrogen and oxygen atoms in total. The topological polar surface area (TPSA) is 37.3 Å². The summed E-state index contributed by atoms with van der Waals surface area (Å²) in [6.07, 6.45) is 7.28. The molecule has 0 atom stereocenters. The molecule has 3 rings (SSSR count). The van der Waals surface area contributed by atoms with Gasteiger partial charge in [-0.05, 0) is 54.2 Å². The zero-order chi connectivity index (χ0) is 12.2. The van der Waals surface area contributed by atoms with Crippen LogP contribution in [0, 0.1) is 0 Å². The number of hydrogen-bond acceptors (Lipinski definition) is 3. The minimum Gasteiger partial charge on any atom is -0.261 e. The lowest BCUT2D eigenvalue weighted by Gasteiger charge is -2.01. The van der Waals surface area contributed by atoms with Crippen LogP contribution in [0.4, 0.5) is 5.82 Å². The summed E-state index contributed by atoms with van der Waals surface area (Å²) in [5.41, 5.74) is 7.02. The van der Waals surface area contributed by atoms with Crippen molar-refractivity contribution in [1.82, 2.24) is 4.98 Å². The molecule has 0 saturated carbocycles. The Morgan fingerprint density at radius 3 is 2.94 bits per heavy atom. The summed E-state index contributed by atoms with van der Waals surface area (Å²) in [5.74, 6) is 0.759. The van der Waals surface area contributed by atoms with Gasteiger partial charge in [-0.2, -0.15) is 5.10 Å². The molecule has 0 saturated heterocycles. The largest absolute Gasteiger partial charge is 0.261 e. The molecule has 0 amide bonds. The Morgan fingerprint density at radius 2 is 2.06 bits per heavy atom. The average Bonchev–Trinajstić information content (AvgIpc) is 2.87. The van der Waals surface area contributed by atoms with Gasteiger partial charge in [0.15, 0.2) is 0 Å². The summed E-state index contributed by atoms with van der Waals surface area (Å²) < 4.78 is 0. The summed E-state index contributed by atoms with van der Waals surface area (Å²) in [5, 5.41) is 4.20. The molecule has 0 radical (unpaired) electrons. The van der Waals surface area contributed by atoms with Crippen LogP contribution >= 0.6 is 0 Å². The van der Waals surface area contributed by atoms with Crippen LogP contribution in [-0.4, -0.2) is 11.2 Å². The van der Waals surface area contributed by atoms with Gasteiger partial charge in [-0.15, -0.1) is 0 Å². The summed E-state index contributed by atoms with van der Waals surface area (Å²) in [7, 11) is 0. The maximum absolute atomic E-state index is 4.20. The number of pyridine rings is 1. The predicted molar refractivity (Wildman–Crippen MR) is 73.9 cm³/mol. The van der Waals surface area contributed by atoms with Crippen LogP contribution in [0.3, 0.4) is 0 Å². The average molecular weight is 237 g/mol. The summed E-state index contributed by atoms with van der Waals surface area (Å²) >= 11 is 0. The molecule has 1 N–H and O–H groups in total. The minimum absolute atomic E-state index is 0.759. The van der Waals surface area contributed by atoms with Crippen LogP contribution in [0.25, 0.3) is 0 Å². The van der Waals surface area contributed by atoms with Gasteiger partial charge < -0.3 is 0 Å². The molecule has 2 aromatic rings. The van der Waals surface area contributed by atoms with Crippen molar-refractivity contribution in [2.75, 3.05) is 5.43 Å². The van der Waals surface area contributed by atoms with E-state index in [0.29, 0.717) is 0 Å². The lowest BCUT2D eigenvalue weighted by Crippen LogP contribution is -1.93. The fraction of sp³-hybridized carbons (Fsp3) is 0.200. The number of rotatable bonds is 3. The van der Waals surface area contributed by atoms with Crippen molar-refractivity contribution in [2.45, 2.75) is 19.3 Å². The molecule has 1 aliphatic carbocycles. The van der Waals surface area contributed by atoms with Crippen LogP contribution in [0.5, 0.6) is 0 Å². The van der Waals surface area contributed by atoms with E-state index in [9.17, 15) is 0 Å². The highest BCUT2D eigenvalue weighted by molar-refractivity contribution is 5.80. The van der Waals surface area contributed by atoms with Crippen LogP contribution in [0.1, 0.15) is 23.1 Å². The molecule has 1 aromatic carbocycles. The number of hydrazone groups is 1. The van der Waals surface area contributed by atoms with Gasteiger partial charge in [-0.3, -0.25) is 5.43 Å². The fourth-order valence-electron chi connectivity index (χ4n) is 2.27. The number of fused-ring (bicyclic) bond motifs is 1. The normalized spacial score (nSPS) is 13.8. The molecule has 1 aromatic heterocycles. The van der Waals surface area contributed by atoms with Gasteiger partial charge in [0.1, 0.15) is 5.82 Å². The molecule has 3 heteroatoms. The summed E-state index contributed by atoms with van der Waals surface area (Å²) in [6.45, 7) is 0. The zero-order valence-corrected chi connectivity index (χ0v) is 10.1. The van der Waals surface area contributed by atoms with E-state index in [2.05, 4.69) is 33.7 Å². The molecule has 0 aliphatic heterocycles. The van der Waals surface area contributed by atoms with Crippen molar-refractivity contribution in [3.8, 4) is 0 Å². The zero-order valence-electron chi connectivity index (χ0n) is 10.1. The third-order valence-electron chi connectivity index (χ3n) is 3.18. The molecule has 0 spiro atoms. The summed E-state index contributed by atoms with van der Waals surface area (Å²) in [4.78, 5) is 4.14. The second-order valence-corrected chi connectivity index (χ2v) is 4.47. The molecule has 1 heterocycles. The first-order chi connectivity index (χ1) is 8.92.